The second-order valence-corrected chi connectivity index (χ2v) is 5.40. The van der Waals surface area contributed by atoms with Crippen molar-refractivity contribution in [3.05, 3.63) is 64.4 Å². The molecule has 0 unspecified atom stereocenters. The predicted molar refractivity (Wildman–Crippen MR) is 83.4 cm³/mol. The molecule has 0 spiro atoms. The number of halogens is 1. The average Bonchev–Trinajstić information content (AvgIpc) is 2.48. The van der Waals surface area contributed by atoms with Gasteiger partial charge in [-0.25, -0.2) is 4.98 Å². The monoisotopic (exact) mass is 332 g/mol. The van der Waals surface area contributed by atoms with Gasteiger partial charge in [-0.2, -0.15) is 0 Å². The Bertz CT molecular complexity index is 572. The zero-order valence-corrected chi connectivity index (χ0v) is 13.0. The molecule has 0 saturated heterocycles. The molecule has 0 atom stereocenters. The van der Waals surface area contributed by atoms with Crippen molar-refractivity contribution in [1.82, 2.24) is 9.88 Å². The third-order valence-electron chi connectivity index (χ3n) is 2.96. The Morgan fingerprint density at radius 3 is 2.60 bits per heavy atom. The van der Waals surface area contributed by atoms with Gasteiger partial charge < -0.3 is 4.90 Å². The molecule has 0 radical (unpaired) electrons. The quantitative estimate of drug-likeness (QED) is 0.831. The lowest BCUT2D eigenvalue weighted by Gasteiger charge is -2.22. The van der Waals surface area contributed by atoms with Crippen molar-refractivity contribution in [3.8, 4) is 0 Å². The first-order valence-corrected chi connectivity index (χ1v) is 7.45. The molecule has 2 aromatic rings. The highest BCUT2D eigenvalue weighted by Crippen LogP contribution is 2.17. The summed E-state index contributed by atoms with van der Waals surface area (Å²) in [7, 11) is 0. The van der Waals surface area contributed by atoms with Gasteiger partial charge in [0.05, 0.1) is 0 Å². The van der Waals surface area contributed by atoms with Gasteiger partial charge >= 0.3 is 0 Å². The predicted octanol–water partition coefficient (Wildman–Crippen LogP) is 3.90. The van der Waals surface area contributed by atoms with E-state index < -0.39 is 0 Å². The maximum Gasteiger partial charge on any atom is 0.273 e. The Hall–Kier alpha value is -1.68. The third kappa shape index (κ3) is 3.67. The molecule has 104 valence electrons. The number of hydrogen-bond acceptors (Lipinski definition) is 2. The summed E-state index contributed by atoms with van der Waals surface area (Å²) in [4.78, 5) is 18.6. The molecule has 0 saturated carbocycles. The van der Waals surface area contributed by atoms with Gasteiger partial charge in [-0.15, -0.1) is 0 Å². The summed E-state index contributed by atoms with van der Waals surface area (Å²) in [5.74, 6) is -0.0387. The number of aromatic nitrogens is 1. The van der Waals surface area contributed by atoms with Gasteiger partial charge in [-0.1, -0.05) is 37.3 Å². The molecule has 0 bridgehead atoms. The van der Waals surface area contributed by atoms with Crippen molar-refractivity contribution in [3.63, 3.8) is 0 Å². The van der Waals surface area contributed by atoms with E-state index in [1.54, 1.807) is 6.20 Å². The molecule has 0 fully saturated rings. The molecule has 0 aliphatic carbocycles. The minimum atomic E-state index is -0.0387. The molecular weight excluding hydrogens is 316 g/mol. The van der Waals surface area contributed by atoms with Crippen molar-refractivity contribution >= 4 is 21.8 Å². The van der Waals surface area contributed by atoms with E-state index >= 15 is 0 Å². The molecule has 1 aromatic heterocycles. The molecule has 0 aliphatic rings. The highest BCUT2D eigenvalue weighted by atomic mass is 79.9. The van der Waals surface area contributed by atoms with Crippen LogP contribution in [0.5, 0.6) is 0 Å². The summed E-state index contributed by atoms with van der Waals surface area (Å²) in [5, 5.41) is 0. The van der Waals surface area contributed by atoms with E-state index in [0.29, 0.717) is 12.2 Å². The van der Waals surface area contributed by atoms with Crippen LogP contribution in [0, 0.1) is 0 Å². The minimum absolute atomic E-state index is 0.0387. The smallest absolute Gasteiger partial charge is 0.273 e. The van der Waals surface area contributed by atoms with Gasteiger partial charge in [0.1, 0.15) is 5.69 Å². The molecule has 1 aromatic carbocycles. The summed E-state index contributed by atoms with van der Waals surface area (Å²) < 4.78 is 0.735. The molecule has 0 aliphatic heterocycles. The van der Waals surface area contributed by atoms with Crippen LogP contribution in [0.4, 0.5) is 0 Å². The maximum absolute atomic E-state index is 12.6. The zero-order valence-electron chi connectivity index (χ0n) is 11.4. The highest BCUT2D eigenvalue weighted by molar-refractivity contribution is 9.10. The van der Waals surface area contributed by atoms with Gasteiger partial charge in [0.25, 0.3) is 5.91 Å². The van der Waals surface area contributed by atoms with Crippen molar-refractivity contribution < 1.29 is 4.79 Å². The Balaban J connectivity index is 2.20. The number of hydrogen-bond donors (Lipinski definition) is 0. The van der Waals surface area contributed by atoms with Crippen molar-refractivity contribution in [2.45, 2.75) is 19.9 Å². The van der Waals surface area contributed by atoms with Crippen LogP contribution in [0.1, 0.15) is 29.4 Å². The highest BCUT2D eigenvalue weighted by Gasteiger charge is 2.18. The van der Waals surface area contributed by atoms with E-state index in [0.717, 1.165) is 23.0 Å². The first-order chi connectivity index (χ1) is 9.72. The number of benzene rings is 1. The van der Waals surface area contributed by atoms with Crippen molar-refractivity contribution in [2.24, 2.45) is 0 Å². The van der Waals surface area contributed by atoms with Crippen LogP contribution in [-0.2, 0) is 6.54 Å². The van der Waals surface area contributed by atoms with Crippen LogP contribution < -0.4 is 0 Å². The summed E-state index contributed by atoms with van der Waals surface area (Å²) in [5.41, 5.74) is 1.60. The van der Waals surface area contributed by atoms with Gasteiger partial charge in [-0.3, -0.25) is 4.79 Å². The number of carbonyl (C=O) groups is 1. The third-order valence-corrected chi connectivity index (χ3v) is 3.60. The number of pyridine rings is 1. The van der Waals surface area contributed by atoms with E-state index in [-0.39, 0.29) is 5.91 Å². The van der Waals surface area contributed by atoms with E-state index in [1.807, 2.05) is 47.4 Å². The molecule has 0 N–H and O–H groups in total. The van der Waals surface area contributed by atoms with Gasteiger partial charge in [-0.05, 0) is 40.0 Å². The number of nitrogens with zero attached hydrogens (tertiary/aromatic N) is 2. The number of rotatable bonds is 5. The summed E-state index contributed by atoms with van der Waals surface area (Å²) >= 11 is 3.39. The standard InChI is InChI=1S/C16H17BrN2O/c1-2-11-19(12-13-7-4-3-5-8-13)16(20)15-14(17)9-6-10-18-15/h3-10H,2,11-12H2,1H3. The van der Waals surface area contributed by atoms with Crippen molar-refractivity contribution in [1.29, 1.82) is 0 Å². The second kappa shape index (κ2) is 7.20. The summed E-state index contributed by atoms with van der Waals surface area (Å²) in [6.07, 6.45) is 2.56. The number of carbonyl (C=O) groups excluding carboxylic acids is 1. The molecule has 2 rings (SSSR count). The zero-order chi connectivity index (χ0) is 14.4. The summed E-state index contributed by atoms with van der Waals surface area (Å²) in [6, 6.07) is 13.7. The van der Waals surface area contributed by atoms with E-state index in [1.165, 1.54) is 0 Å². The molecule has 1 amide bonds. The van der Waals surface area contributed by atoms with E-state index in [9.17, 15) is 4.79 Å². The first kappa shape index (κ1) is 14.7. The summed E-state index contributed by atoms with van der Waals surface area (Å²) in [6.45, 7) is 3.39. The van der Waals surface area contributed by atoms with Gasteiger partial charge in [0.15, 0.2) is 0 Å². The van der Waals surface area contributed by atoms with Gasteiger partial charge in [0, 0.05) is 23.8 Å². The fourth-order valence-corrected chi connectivity index (χ4v) is 2.44. The van der Waals surface area contributed by atoms with Crippen molar-refractivity contribution in [2.75, 3.05) is 6.54 Å². The topological polar surface area (TPSA) is 33.2 Å². The maximum atomic E-state index is 12.6. The van der Waals surface area contributed by atoms with E-state index in [4.69, 9.17) is 0 Å². The van der Waals surface area contributed by atoms with Crippen LogP contribution in [-0.4, -0.2) is 22.3 Å². The Kier molecular flexibility index (Phi) is 5.30. The Labute approximate surface area is 127 Å². The normalized spacial score (nSPS) is 10.3. The van der Waals surface area contributed by atoms with Crippen LogP contribution >= 0.6 is 15.9 Å². The Morgan fingerprint density at radius 1 is 1.20 bits per heavy atom. The lowest BCUT2D eigenvalue weighted by atomic mass is 10.2. The second-order valence-electron chi connectivity index (χ2n) is 4.55. The van der Waals surface area contributed by atoms with Crippen LogP contribution in [0.25, 0.3) is 0 Å². The fraction of sp³-hybridized carbons (Fsp3) is 0.250. The Morgan fingerprint density at radius 2 is 1.95 bits per heavy atom. The van der Waals surface area contributed by atoms with Crippen LogP contribution in [0.15, 0.2) is 53.1 Å². The van der Waals surface area contributed by atoms with Crippen LogP contribution in [0.3, 0.4) is 0 Å². The fourth-order valence-electron chi connectivity index (χ4n) is 2.02. The molecule has 20 heavy (non-hydrogen) atoms. The van der Waals surface area contributed by atoms with E-state index in [2.05, 4.69) is 27.8 Å². The lowest BCUT2D eigenvalue weighted by molar-refractivity contribution is 0.0736. The molecule has 1 heterocycles. The van der Waals surface area contributed by atoms with Crippen LogP contribution in [0.2, 0.25) is 0 Å². The molecular formula is C16H17BrN2O. The lowest BCUT2D eigenvalue weighted by Crippen LogP contribution is -2.32. The first-order valence-electron chi connectivity index (χ1n) is 6.66. The number of amides is 1. The van der Waals surface area contributed by atoms with Gasteiger partial charge in [0.2, 0.25) is 0 Å². The molecule has 3 nitrogen and oxygen atoms in total. The average molecular weight is 333 g/mol. The molecule has 4 heteroatoms. The SMILES string of the molecule is CCCN(Cc1ccccc1)C(=O)c1ncccc1Br. The minimum Gasteiger partial charge on any atom is -0.333 e. The largest absolute Gasteiger partial charge is 0.333 e.